The van der Waals surface area contributed by atoms with Crippen LogP contribution in [0.1, 0.15) is 6.42 Å². The van der Waals surface area contributed by atoms with Gasteiger partial charge in [0.2, 0.25) is 0 Å². The molecule has 0 unspecified atom stereocenters. The summed E-state index contributed by atoms with van der Waals surface area (Å²) in [6, 6.07) is 0. The number of nitrogens with zero attached hydrogens (tertiary/aromatic N) is 1. The van der Waals surface area contributed by atoms with Crippen LogP contribution in [-0.2, 0) is 4.84 Å². The van der Waals surface area contributed by atoms with Gasteiger partial charge in [-0.3, -0.25) is 0 Å². The fourth-order valence-corrected chi connectivity index (χ4v) is 1.40. The summed E-state index contributed by atoms with van der Waals surface area (Å²) in [6.07, 6.45) is 1.11. The van der Waals surface area contributed by atoms with Crippen LogP contribution < -0.4 is 10.8 Å². The van der Waals surface area contributed by atoms with E-state index < -0.39 is 0 Å². The van der Waals surface area contributed by atoms with Crippen molar-refractivity contribution in [2.45, 2.75) is 6.42 Å². The Morgan fingerprint density at radius 2 is 1.80 bits per heavy atom. The smallest absolute Gasteiger partial charge is 0.0694 e. The van der Waals surface area contributed by atoms with Crippen LogP contribution in [0, 0.1) is 0 Å². The van der Waals surface area contributed by atoms with Gasteiger partial charge in [-0.05, 0) is 6.42 Å². The standard InChI is InChI=1S/C8H19N3O.3ClH/c1-9-12-8-2-5-11-6-3-10-4-7-11;;;/h9-10H,2-8H2,1H3;3*1H. The Morgan fingerprint density at radius 1 is 1.20 bits per heavy atom. The first kappa shape index (κ1) is 21.0. The molecule has 0 saturated carbocycles. The molecule has 0 aliphatic carbocycles. The van der Waals surface area contributed by atoms with Gasteiger partial charge < -0.3 is 15.1 Å². The largest absolute Gasteiger partial charge is 0.314 e. The molecule has 1 heterocycles. The number of nitrogens with one attached hydrogen (secondary N) is 2. The Morgan fingerprint density at radius 3 is 2.33 bits per heavy atom. The molecule has 0 atom stereocenters. The van der Waals surface area contributed by atoms with Crippen molar-refractivity contribution in [1.29, 1.82) is 0 Å². The lowest BCUT2D eigenvalue weighted by Gasteiger charge is -2.26. The minimum absolute atomic E-state index is 0. The lowest BCUT2D eigenvalue weighted by molar-refractivity contribution is 0.0500. The second kappa shape index (κ2) is 14.7. The van der Waals surface area contributed by atoms with Gasteiger partial charge in [-0.2, -0.15) is 0 Å². The van der Waals surface area contributed by atoms with Crippen LogP contribution >= 0.6 is 37.2 Å². The maximum absolute atomic E-state index is 5.03. The van der Waals surface area contributed by atoms with E-state index in [0.717, 1.165) is 32.7 Å². The van der Waals surface area contributed by atoms with E-state index in [0.29, 0.717) is 0 Å². The quantitative estimate of drug-likeness (QED) is 0.575. The molecule has 2 N–H and O–H groups in total. The highest BCUT2D eigenvalue weighted by atomic mass is 35.5. The van der Waals surface area contributed by atoms with E-state index in [-0.39, 0.29) is 37.2 Å². The molecular weight excluding hydrogens is 260 g/mol. The van der Waals surface area contributed by atoms with E-state index in [1.54, 1.807) is 7.05 Å². The van der Waals surface area contributed by atoms with Crippen molar-refractivity contribution in [3.63, 3.8) is 0 Å². The van der Waals surface area contributed by atoms with E-state index in [9.17, 15) is 0 Å². The van der Waals surface area contributed by atoms with Crippen LogP contribution in [0.5, 0.6) is 0 Å². The Hall–Kier alpha value is 0.710. The highest BCUT2D eigenvalue weighted by Crippen LogP contribution is 1.93. The van der Waals surface area contributed by atoms with Crippen molar-refractivity contribution in [2.75, 3.05) is 46.4 Å². The maximum Gasteiger partial charge on any atom is 0.0694 e. The van der Waals surface area contributed by atoms with E-state index in [4.69, 9.17) is 4.84 Å². The summed E-state index contributed by atoms with van der Waals surface area (Å²) in [5, 5.41) is 3.33. The lowest BCUT2D eigenvalue weighted by Crippen LogP contribution is -2.43. The van der Waals surface area contributed by atoms with E-state index in [2.05, 4.69) is 15.7 Å². The van der Waals surface area contributed by atoms with E-state index >= 15 is 0 Å². The van der Waals surface area contributed by atoms with Crippen LogP contribution in [0.15, 0.2) is 0 Å². The zero-order chi connectivity index (χ0) is 8.65. The molecule has 1 rings (SSSR count). The average Bonchev–Trinajstić information content (AvgIpc) is 2.14. The number of hydroxylamine groups is 1. The van der Waals surface area contributed by atoms with Crippen molar-refractivity contribution in [1.82, 2.24) is 15.7 Å². The van der Waals surface area contributed by atoms with E-state index in [1.165, 1.54) is 13.1 Å². The predicted octanol–water partition coefficient (Wildman–Crippen LogP) is 0.698. The summed E-state index contributed by atoms with van der Waals surface area (Å²) in [6.45, 7) is 6.59. The van der Waals surface area contributed by atoms with Gasteiger partial charge in [-0.25, -0.2) is 5.48 Å². The van der Waals surface area contributed by atoms with Gasteiger partial charge in [0.05, 0.1) is 6.61 Å². The number of hydrogen-bond acceptors (Lipinski definition) is 4. The Balaban J connectivity index is -0.000000480. The van der Waals surface area contributed by atoms with Gasteiger partial charge in [-0.1, -0.05) is 0 Å². The summed E-state index contributed by atoms with van der Waals surface area (Å²) in [4.78, 5) is 7.50. The van der Waals surface area contributed by atoms with Crippen molar-refractivity contribution >= 4 is 37.2 Å². The van der Waals surface area contributed by atoms with Gasteiger partial charge in [0.1, 0.15) is 0 Å². The third-order valence-corrected chi connectivity index (χ3v) is 2.07. The molecule has 96 valence electrons. The van der Waals surface area contributed by atoms with Gasteiger partial charge >= 0.3 is 0 Å². The summed E-state index contributed by atoms with van der Waals surface area (Å²) < 4.78 is 0. The van der Waals surface area contributed by atoms with Gasteiger partial charge in [0, 0.05) is 39.8 Å². The number of halogens is 3. The molecular formula is C8H22Cl3N3O. The fourth-order valence-electron chi connectivity index (χ4n) is 1.40. The fraction of sp³-hybridized carbons (Fsp3) is 1.00. The third kappa shape index (κ3) is 11.0. The monoisotopic (exact) mass is 281 g/mol. The van der Waals surface area contributed by atoms with Crippen LogP contribution in [0.4, 0.5) is 0 Å². The molecule has 0 amide bonds. The molecule has 0 bridgehead atoms. The van der Waals surface area contributed by atoms with Crippen LogP contribution in [0.25, 0.3) is 0 Å². The molecule has 0 spiro atoms. The maximum atomic E-state index is 5.03. The minimum Gasteiger partial charge on any atom is -0.314 e. The first-order valence-corrected chi connectivity index (χ1v) is 4.65. The molecule has 1 aliphatic rings. The molecule has 1 aliphatic heterocycles. The Kier molecular flexibility index (Phi) is 20.6. The lowest BCUT2D eigenvalue weighted by atomic mass is 10.3. The van der Waals surface area contributed by atoms with Crippen LogP contribution in [-0.4, -0.2) is 51.3 Å². The van der Waals surface area contributed by atoms with Crippen LogP contribution in [0.2, 0.25) is 0 Å². The Bertz CT molecular complexity index is 115. The van der Waals surface area contributed by atoms with Crippen molar-refractivity contribution in [3.8, 4) is 0 Å². The van der Waals surface area contributed by atoms with Gasteiger partial charge in [-0.15, -0.1) is 37.2 Å². The highest BCUT2D eigenvalue weighted by molar-refractivity contribution is 5.86. The second-order valence-corrected chi connectivity index (χ2v) is 3.00. The third-order valence-electron chi connectivity index (χ3n) is 2.07. The summed E-state index contributed by atoms with van der Waals surface area (Å²) in [5.74, 6) is 0. The van der Waals surface area contributed by atoms with Gasteiger partial charge in [0.25, 0.3) is 0 Å². The average molecular weight is 283 g/mol. The van der Waals surface area contributed by atoms with Crippen molar-refractivity contribution in [2.24, 2.45) is 0 Å². The number of piperazine rings is 1. The molecule has 1 fully saturated rings. The summed E-state index contributed by atoms with van der Waals surface area (Å²) >= 11 is 0. The van der Waals surface area contributed by atoms with Crippen LogP contribution in [0.3, 0.4) is 0 Å². The van der Waals surface area contributed by atoms with Crippen molar-refractivity contribution in [3.05, 3.63) is 0 Å². The number of hydrogen-bond donors (Lipinski definition) is 2. The predicted molar refractivity (Wildman–Crippen MR) is 70.7 cm³/mol. The first-order valence-electron chi connectivity index (χ1n) is 4.65. The Labute approximate surface area is 111 Å². The minimum atomic E-state index is 0. The normalized spacial score (nSPS) is 15.8. The highest BCUT2D eigenvalue weighted by Gasteiger charge is 2.07. The zero-order valence-corrected chi connectivity index (χ0v) is 11.5. The summed E-state index contributed by atoms with van der Waals surface area (Å²) in [5.41, 5.74) is 2.67. The molecule has 0 aromatic heterocycles. The number of rotatable bonds is 5. The molecule has 1 saturated heterocycles. The van der Waals surface area contributed by atoms with Gasteiger partial charge in [0.15, 0.2) is 0 Å². The molecule has 15 heavy (non-hydrogen) atoms. The molecule has 0 radical (unpaired) electrons. The molecule has 0 aromatic rings. The SMILES string of the molecule is CNOCCCN1CCNCC1.Cl.Cl.Cl. The van der Waals surface area contributed by atoms with Crippen molar-refractivity contribution < 1.29 is 4.84 Å². The molecule has 0 aromatic carbocycles. The molecule has 7 heteroatoms. The molecule has 4 nitrogen and oxygen atoms in total. The topological polar surface area (TPSA) is 36.5 Å². The summed E-state index contributed by atoms with van der Waals surface area (Å²) in [7, 11) is 1.80. The first-order chi connectivity index (χ1) is 5.93. The zero-order valence-electron chi connectivity index (χ0n) is 9.03. The van der Waals surface area contributed by atoms with E-state index in [1.807, 2.05) is 0 Å². The second-order valence-electron chi connectivity index (χ2n) is 3.00.